The minimum absolute atomic E-state index is 1.23. The molecule has 0 unspecified atom stereocenters. The van der Waals surface area contributed by atoms with E-state index in [0.29, 0.717) is 0 Å². The van der Waals surface area contributed by atoms with Gasteiger partial charge in [0.05, 0.1) is 13.1 Å². The number of aryl methyl sites for hydroxylation is 2. The Hall–Kier alpha value is -0.790. The largest absolute Gasteiger partial charge is 0.256 e. The van der Waals surface area contributed by atoms with Crippen LogP contribution in [0.15, 0.2) is 12.4 Å². The van der Waals surface area contributed by atoms with Crippen molar-refractivity contribution in [2.75, 3.05) is 0 Å². The monoisotopic (exact) mass is 560 g/mol. The third kappa shape index (κ3) is 21.9. The van der Waals surface area contributed by atoms with Gasteiger partial charge in [-0.15, -0.1) is 0 Å². The zero-order valence-electron chi connectivity index (χ0n) is 28.2. The van der Waals surface area contributed by atoms with Crippen molar-refractivity contribution in [3.63, 3.8) is 0 Å². The molecule has 0 saturated heterocycles. The SMILES string of the molecule is CCCCCCCCCCCCCCCCCCCn1cc[n+](CCCCCCCC)c1CCCCCCCC. The lowest BCUT2D eigenvalue weighted by molar-refractivity contribution is -0.704. The van der Waals surface area contributed by atoms with Crippen molar-refractivity contribution < 1.29 is 4.57 Å². The summed E-state index contributed by atoms with van der Waals surface area (Å²) in [5.41, 5.74) is 0. The highest BCUT2D eigenvalue weighted by Gasteiger charge is 2.16. The molecule has 0 amide bonds. The van der Waals surface area contributed by atoms with E-state index in [-0.39, 0.29) is 0 Å². The van der Waals surface area contributed by atoms with E-state index >= 15 is 0 Å². The lowest BCUT2D eigenvalue weighted by Gasteiger charge is -2.07. The van der Waals surface area contributed by atoms with Crippen LogP contribution in [-0.2, 0) is 19.5 Å². The number of nitrogens with zero attached hydrogens (tertiary/aromatic N) is 2. The van der Waals surface area contributed by atoms with Gasteiger partial charge in [-0.3, -0.25) is 0 Å². The van der Waals surface area contributed by atoms with Crippen molar-refractivity contribution >= 4 is 0 Å². The molecule has 40 heavy (non-hydrogen) atoms. The summed E-state index contributed by atoms with van der Waals surface area (Å²) in [6.45, 7) is 9.39. The Bertz CT molecular complexity index is 619. The summed E-state index contributed by atoms with van der Waals surface area (Å²) >= 11 is 0. The highest BCUT2D eigenvalue weighted by Crippen LogP contribution is 2.15. The molecule has 236 valence electrons. The average Bonchev–Trinajstić information content (AvgIpc) is 3.35. The normalized spacial score (nSPS) is 11.6. The van der Waals surface area contributed by atoms with Crippen molar-refractivity contribution in [1.29, 1.82) is 0 Å². The molecule has 0 aliphatic rings. The average molecular weight is 560 g/mol. The summed E-state index contributed by atoms with van der Waals surface area (Å²) in [6.07, 6.45) is 47.4. The number of unbranched alkanes of at least 4 members (excludes halogenated alkanes) is 26. The van der Waals surface area contributed by atoms with E-state index in [1.807, 2.05) is 0 Å². The van der Waals surface area contributed by atoms with Crippen LogP contribution in [0, 0.1) is 0 Å². The predicted octanol–water partition coefficient (Wildman–Crippen LogP) is 12.7. The number of rotatable bonds is 32. The maximum atomic E-state index is 2.62. The molecular weight excluding hydrogens is 484 g/mol. The van der Waals surface area contributed by atoms with Crippen LogP contribution in [0.25, 0.3) is 0 Å². The van der Waals surface area contributed by atoms with E-state index < -0.39 is 0 Å². The molecule has 0 spiro atoms. The van der Waals surface area contributed by atoms with Crippen molar-refractivity contribution in [2.24, 2.45) is 0 Å². The van der Waals surface area contributed by atoms with Crippen LogP contribution < -0.4 is 4.57 Å². The highest BCUT2D eigenvalue weighted by molar-refractivity contribution is 4.84. The van der Waals surface area contributed by atoms with Gasteiger partial charge in [0.15, 0.2) is 0 Å². The molecule has 2 nitrogen and oxygen atoms in total. The second-order valence-electron chi connectivity index (χ2n) is 13.0. The van der Waals surface area contributed by atoms with E-state index in [9.17, 15) is 0 Å². The fourth-order valence-electron chi connectivity index (χ4n) is 6.33. The maximum Gasteiger partial charge on any atom is 0.256 e. The van der Waals surface area contributed by atoms with Gasteiger partial charge in [-0.2, -0.15) is 0 Å². The van der Waals surface area contributed by atoms with Crippen LogP contribution in [0.4, 0.5) is 0 Å². The first-order chi connectivity index (χ1) is 19.8. The molecule has 0 bridgehead atoms. The molecule has 1 aromatic heterocycles. The standard InChI is InChI=1S/C38H75N2/c1-4-7-10-13-16-17-18-19-20-21-22-23-24-25-26-29-32-35-40-37-36-39(34-31-28-15-12-9-6-3)38(40)33-30-27-14-11-8-5-2/h36-37H,4-35H2,1-3H3/q+1. The second kappa shape index (κ2) is 29.7. The predicted molar refractivity (Wildman–Crippen MR) is 179 cm³/mol. The molecule has 0 aliphatic carbocycles. The molecule has 1 aromatic rings. The first kappa shape index (κ1) is 37.2. The Kier molecular flexibility index (Phi) is 27.6. The molecule has 0 N–H and O–H groups in total. The van der Waals surface area contributed by atoms with Gasteiger partial charge in [-0.25, -0.2) is 9.13 Å². The van der Waals surface area contributed by atoms with Crippen molar-refractivity contribution in [1.82, 2.24) is 4.57 Å². The van der Waals surface area contributed by atoms with E-state index in [0.717, 1.165) is 0 Å². The molecule has 1 heterocycles. The Balaban J connectivity index is 2.15. The van der Waals surface area contributed by atoms with E-state index in [4.69, 9.17) is 0 Å². The third-order valence-corrected chi connectivity index (χ3v) is 9.10. The lowest BCUT2D eigenvalue weighted by atomic mass is 10.0. The lowest BCUT2D eigenvalue weighted by Crippen LogP contribution is -2.37. The number of hydrogen-bond acceptors (Lipinski definition) is 0. The zero-order chi connectivity index (χ0) is 28.8. The zero-order valence-corrected chi connectivity index (χ0v) is 28.2. The first-order valence-corrected chi connectivity index (χ1v) is 18.9. The quantitative estimate of drug-likeness (QED) is 0.0613. The summed E-state index contributed by atoms with van der Waals surface area (Å²) < 4.78 is 5.23. The fraction of sp³-hybridized carbons (Fsp3) is 0.921. The van der Waals surface area contributed by atoms with Gasteiger partial charge in [-0.1, -0.05) is 175 Å². The van der Waals surface area contributed by atoms with Gasteiger partial charge >= 0.3 is 0 Å². The van der Waals surface area contributed by atoms with Gasteiger partial charge in [-0.05, 0) is 32.1 Å². The highest BCUT2D eigenvalue weighted by atomic mass is 15.1. The van der Waals surface area contributed by atoms with Crippen molar-refractivity contribution in [3.8, 4) is 0 Å². The first-order valence-electron chi connectivity index (χ1n) is 18.9. The van der Waals surface area contributed by atoms with Crippen LogP contribution >= 0.6 is 0 Å². The summed E-state index contributed by atoms with van der Waals surface area (Å²) in [4.78, 5) is 0. The Morgan fingerprint density at radius 1 is 0.425 bits per heavy atom. The van der Waals surface area contributed by atoms with Crippen LogP contribution in [0.1, 0.15) is 213 Å². The number of aromatic nitrogens is 2. The minimum Gasteiger partial charge on any atom is -0.234 e. The van der Waals surface area contributed by atoms with Crippen molar-refractivity contribution in [3.05, 3.63) is 18.2 Å². The molecule has 0 aliphatic heterocycles. The Labute approximate surface area is 253 Å². The minimum atomic E-state index is 1.23. The van der Waals surface area contributed by atoms with Gasteiger partial charge in [0.1, 0.15) is 12.4 Å². The fourth-order valence-corrected chi connectivity index (χ4v) is 6.33. The summed E-state index contributed by atoms with van der Waals surface area (Å²) in [7, 11) is 0. The summed E-state index contributed by atoms with van der Waals surface area (Å²) in [6, 6.07) is 0. The van der Waals surface area contributed by atoms with Crippen LogP contribution in [0.2, 0.25) is 0 Å². The summed E-state index contributed by atoms with van der Waals surface area (Å²) in [5.74, 6) is 1.61. The molecule has 0 atom stereocenters. The maximum absolute atomic E-state index is 2.62. The van der Waals surface area contributed by atoms with E-state index in [2.05, 4.69) is 42.3 Å². The molecule has 0 fully saturated rings. The van der Waals surface area contributed by atoms with E-state index in [1.165, 1.54) is 206 Å². The number of hydrogen-bond donors (Lipinski definition) is 0. The van der Waals surface area contributed by atoms with Crippen LogP contribution in [0.5, 0.6) is 0 Å². The number of imidazole rings is 1. The molecule has 0 aromatic carbocycles. The van der Waals surface area contributed by atoms with Crippen molar-refractivity contribution in [2.45, 2.75) is 226 Å². The topological polar surface area (TPSA) is 8.81 Å². The molecule has 1 rings (SSSR count). The van der Waals surface area contributed by atoms with Gasteiger partial charge in [0.25, 0.3) is 5.82 Å². The van der Waals surface area contributed by atoms with Gasteiger partial charge in [0, 0.05) is 6.42 Å². The van der Waals surface area contributed by atoms with Gasteiger partial charge < -0.3 is 0 Å². The smallest absolute Gasteiger partial charge is 0.234 e. The summed E-state index contributed by atoms with van der Waals surface area (Å²) in [5, 5.41) is 0. The van der Waals surface area contributed by atoms with Crippen LogP contribution in [0.3, 0.4) is 0 Å². The Morgan fingerprint density at radius 3 is 1.20 bits per heavy atom. The Morgan fingerprint density at radius 2 is 0.775 bits per heavy atom. The van der Waals surface area contributed by atoms with E-state index in [1.54, 1.807) is 5.82 Å². The second-order valence-corrected chi connectivity index (χ2v) is 13.0. The van der Waals surface area contributed by atoms with Crippen LogP contribution in [-0.4, -0.2) is 4.57 Å². The molecule has 0 saturated carbocycles. The third-order valence-electron chi connectivity index (χ3n) is 9.10. The molecule has 0 radical (unpaired) electrons. The van der Waals surface area contributed by atoms with Gasteiger partial charge in [0.2, 0.25) is 0 Å². The molecule has 2 heteroatoms. The molecular formula is C38H75N2+.